The van der Waals surface area contributed by atoms with Crippen LogP contribution in [-0.2, 0) is 4.79 Å². The molecule has 0 aromatic heterocycles. The predicted molar refractivity (Wildman–Crippen MR) is 51.0 cm³/mol. The third-order valence-electron chi connectivity index (χ3n) is 1.50. The molecule has 0 bridgehead atoms. The van der Waals surface area contributed by atoms with Crippen LogP contribution in [-0.4, -0.2) is 11.1 Å². The summed E-state index contributed by atoms with van der Waals surface area (Å²) in [6.07, 6.45) is 0.829. The third kappa shape index (κ3) is 2.32. The van der Waals surface area contributed by atoms with E-state index in [-0.39, 0.29) is 0 Å². The van der Waals surface area contributed by atoms with Crippen molar-refractivity contribution in [1.82, 2.24) is 0 Å². The quantitative estimate of drug-likeness (QED) is 0.588. The number of hydrogen-bond donors (Lipinski definition) is 2. The van der Waals surface area contributed by atoms with Crippen molar-refractivity contribution in [1.29, 1.82) is 0 Å². The highest BCUT2D eigenvalue weighted by atomic mass is 32.1. The Balaban J connectivity index is 3.20. The van der Waals surface area contributed by atoms with Gasteiger partial charge in [-0.25, -0.2) is 13.6 Å². The number of carbonyl (C=O) groups is 1. The van der Waals surface area contributed by atoms with Crippen molar-refractivity contribution in [3.8, 4) is 0 Å². The van der Waals surface area contributed by atoms with Crippen molar-refractivity contribution in [2.24, 2.45) is 0 Å². The molecule has 0 aliphatic carbocycles. The maximum atomic E-state index is 13.0. The van der Waals surface area contributed by atoms with Crippen LogP contribution in [0.25, 0.3) is 6.08 Å². The Morgan fingerprint density at radius 3 is 2.29 bits per heavy atom. The minimum absolute atomic E-state index is 0.403. The van der Waals surface area contributed by atoms with Crippen molar-refractivity contribution in [3.63, 3.8) is 0 Å². The van der Waals surface area contributed by atoms with Crippen LogP contribution in [0.2, 0.25) is 0 Å². The highest BCUT2D eigenvalue weighted by molar-refractivity contribution is 7.85. The van der Waals surface area contributed by atoms with Gasteiger partial charge in [-0.05, 0) is 18.2 Å². The average Bonchev–Trinajstić information content (AvgIpc) is 2.11. The summed E-state index contributed by atoms with van der Waals surface area (Å²) in [5, 5.41) is 8.44. The summed E-state index contributed by atoms with van der Waals surface area (Å²) in [6, 6.07) is 3.27. The van der Waals surface area contributed by atoms with Crippen LogP contribution < -0.4 is 0 Å². The molecule has 1 aromatic carbocycles. The zero-order chi connectivity index (χ0) is 10.7. The van der Waals surface area contributed by atoms with Crippen molar-refractivity contribution < 1.29 is 18.7 Å². The minimum Gasteiger partial charge on any atom is -0.477 e. The Hall–Kier alpha value is -1.36. The summed E-state index contributed by atoms with van der Waals surface area (Å²) >= 11 is 3.56. The molecule has 0 spiro atoms. The second-order valence-electron chi connectivity index (χ2n) is 2.47. The standard InChI is InChI=1S/C9H6F2O2S/c10-6-2-1-3-7(11)5(6)4-8(14)9(12)13/h1-4,14H,(H,12,13)/b8-4-. The van der Waals surface area contributed by atoms with Gasteiger partial charge in [0.15, 0.2) is 0 Å². The van der Waals surface area contributed by atoms with E-state index in [1.54, 1.807) is 0 Å². The number of rotatable bonds is 2. The Morgan fingerprint density at radius 1 is 1.36 bits per heavy atom. The van der Waals surface area contributed by atoms with Crippen LogP contribution in [0.1, 0.15) is 5.56 Å². The van der Waals surface area contributed by atoms with Gasteiger partial charge in [0, 0.05) is 5.56 Å². The molecule has 2 nitrogen and oxygen atoms in total. The average molecular weight is 216 g/mol. The van der Waals surface area contributed by atoms with E-state index >= 15 is 0 Å². The van der Waals surface area contributed by atoms with Gasteiger partial charge in [0.05, 0.1) is 4.91 Å². The first-order valence-electron chi connectivity index (χ1n) is 3.60. The van der Waals surface area contributed by atoms with E-state index in [4.69, 9.17) is 5.11 Å². The molecule has 0 saturated carbocycles. The van der Waals surface area contributed by atoms with Gasteiger partial charge < -0.3 is 5.11 Å². The minimum atomic E-state index is -1.34. The molecule has 0 atom stereocenters. The van der Waals surface area contributed by atoms with Crippen molar-refractivity contribution in [2.75, 3.05) is 0 Å². The molecule has 0 amide bonds. The fourth-order valence-electron chi connectivity index (χ4n) is 0.847. The fraction of sp³-hybridized carbons (Fsp3) is 0. The lowest BCUT2D eigenvalue weighted by Crippen LogP contribution is -1.95. The number of carboxylic acids is 1. The zero-order valence-electron chi connectivity index (χ0n) is 6.87. The van der Waals surface area contributed by atoms with Gasteiger partial charge in [0.25, 0.3) is 0 Å². The molecule has 0 aliphatic heterocycles. The predicted octanol–water partition coefficient (Wildman–Crippen LogP) is 2.32. The van der Waals surface area contributed by atoms with Gasteiger partial charge in [-0.2, -0.15) is 0 Å². The molecule has 14 heavy (non-hydrogen) atoms. The normalized spacial score (nSPS) is 11.5. The van der Waals surface area contributed by atoms with Gasteiger partial charge in [0.2, 0.25) is 0 Å². The van der Waals surface area contributed by atoms with E-state index in [1.807, 2.05) is 0 Å². The molecule has 74 valence electrons. The Morgan fingerprint density at radius 2 is 1.86 bits per heavy atom. The van der Waals surface area contributed by atoms with Gasteiger partial charge >= 0.3 is 5.97 Å². The Bertz CT molecular complexity index is 382. The molecule has 0 radical (unpaired) electrons. The molecule has 0 saturated heterocycles. The van der Waals surface area contributed by atoms with Gasteiger partial charge in [-0.1, -0.05) is 6.07 Å². The summed E-state index contributed by atoms with van der Waals surface area (Å²) in [7, 11) is 0. The van der Waals surface area contributed by atoms with Crippen LogP contribution in [0.5, 0.6) is 0 Å². The highest BCUT2D eigenvalue weighted by Crippen LogP contribution is 2.17. The molecular weight excluding hydrogens is 210 g/mol. The highest BCUT2D eigenvalue weighted by Gasteiger charge is 2.08. The molecule has 0 heterocycles. The lowest BCUT2D eigenvalue weighted by molar-refractivity contribution is -0.131. The van der Waals surface area contributed by atoms with Crippen molar-refractivity contribution in [3.05, 3.63) is 40.3 Å². The van der Waals surface area contributed by atoms with E-state index in [0.29, 0.717) is 0 Å². The monoisotopic (exact) mass is 216 g/mol. The molecule has 0 fully saturated rings. The van der Waals surface area contributed by atoms with Crippen LogP contribution >= 0.6 is 12.6 Å². The molecule has 5 heteroatoms. The van der Waals surface area contributed by atoms with Crippen LogP contribution in [0.4, 0.5) is 8.78 Å². The first kappa shape index (κ1) is 10.7. The molecule has 1 rings (SSSR count). The largest absolute Gasteiger partial charge is 0.477 e. The molecular formula is C9H6F2O2S. The maximum absolute atomic E-state index is 13.0. The molecule has 0 unspecified atom stereocenters. The van der Waals surface area contributed by atoms with Crippen LogP contribution in [0.3, 0.4) is 0 Å². The zero-order valence-corrected chi connectivity index (χ0v) is 7.76. The second kappa shape index (κ2) is 4.23. The number of halogens is 2. The number of hydrogen-bond acceptors (Lipinski definition) is 2. The topological polar surface area (TPSA) is 37.3 Å². The SMILES string of the molecule is O=C(O)/C(S)=C/c1c(F)cccc1F. The number of aliphatic carboxylic acids is 1. The number of thiol groups is 1. The molecule has 1 aromatic rings. The number of carboxylic acid groups (broad SMARTS) is 1. The summed E-state index contributed by atoms with van der Waals surface area (Å²) in [6.45, 7) is 0. The summed E-state index contributed by atoms with van der Waals surface area (Å²) in [5.74, 6) is -2.98. The lowest BCUT2D eigenvalue weighted by Gasteiger charge is -1.99. The Labute approximate surface area is 84.3 Å². The Kier molecular flexibility index (Phi) is 3.24. The van der Waals surface area contributed by atoms with Crippen molar-refractivity contribution >= 4 is 24.7 Å². The van der Waals surface area contributed by atoms with Gasteiger partial charge in [0.1, 0.15) is 11.6 Å². The van der Waals surface area contributed by atoms with Crippen LogP contribution in [0, 0.1) is 11.6 Å². The van der Waals surface area contributed by atoms with E-state index in [2.05, 4.69) is 12.6 Å². The van der Waals surface area contributed by atoms with Crippen LogP contribution in [0.15, 0.2) is 23.1 Å². The third-order valence-corrected chi connectivity index (χ3v) is 1.82. The summed E-state index contributed by atoms with van der Waals surface area (Å²) in [5.41, 5.74) is -0.403. The summed E-state index contributed by atoms with van der Waals surface area (Å²) in [4.78, 5) is 9.91. The van der Waals surface area contributed by atoms with E-state index in [0.717, 1.165) is 18.2 Å². The van der Waals surface area contributed by atoms with E-state index < -0.39 is 28.1 Å². The van der Waals surface area contributed by atoms with E-state index in [9.17, 15) is 13.6 Å². The molecule has 1 N–H and O–H groups in total. The van der Waals surface area contributed by atoms with Gasteiger partial charge in [-0.15, -0.1) is 12.6 Å². The number of benzene rings is 1. The van der Waals surface area contributed by atoms with Crippen molar-refractivity contribution in [2.45, 2.75) is 0 Å². The van der Waals surface area contributed by atoms with Gasteiger partial charge in [-0.3, -0.25) is 0 Å². The molecule has 0 aliphatic rings. The maximum Gasteiger partial charge on any atom is 0.341 e. The summed E-state index contributed by atoms with van der Waals surface area (Å²) < 4.78 is 25.9. The fourth-order valence-corrected chi connectivity index (χ4v) is 0.976. The first-order valence-corrected chi connectivity index (χ1v) is 4.05. The lowest BCUT2D eigenvalue weighted by atomic mass is 10.2. The second-order valence-corrected chi connectivity index (χ2v) is 2.95. The smallest absolute Gasteiger partial charge is 0.341 e. The first-order chi connectivity index (χ1) is 6.52. The van der Waals surface area contributed by atoms with E-state index in [1.165, 1.54) is 6.07 Å².